The molecule has 0 aromatic heterocycles. The van der Waals surface area contributed by atoms with Gasteiger partial charge in [0.2, 0.25) is 10.0 Å². The molecule has 0 heterocycles. The maximum atomic E-state index is 11.0. The van der Waals surface area contributed by atoms with Crippen LogP contribution in [0.5, 0.6) is 0 Å². The lowest BCUT2D eigenvalue weighted by Crippen LogP contribution is -2.20. The van der Waals surface area contributed by atoms with E-state index in [1.165, 1.54) is 0 Å². The van der Waals surface area contributed by atoms with Gasteiger partial charge in [-0.15, -0.1) is 0 Å². The predicted molar refractivity (Wildman–Crippen MR) is 56.8 cm³/mol. The molecule has 4 nitrogen and oxygen atoms in total. The first kappa shape index (κ1) is 10.7. The SMILES string of the molecule is C=CS(=O)(=O)NCc1ccc(N)cc1. The molecule has 0 radical (unpaired) electrons. The van der Waals surface area contributed by atoms with Gasteiger partial charge < -0.3 is 5.73 Å². The summed E-state index contributed by atoms with van der Waals surface area (Å²) >= 11 is 0. The van der Waals surface area contributed by atoms with Gasteiger partial charge in [-0.05, 0) is 17.7 Å². The van der Waals surface area contributed by atoms with E-state index in [1.807, 2.05) is 0 Å². The Morgan fingerprint density at radius 2 is 1.93 bits per heavy atom. The molecule has 0 bridgehead atoms. The fourth-order valence-electron chi connectivity index (χ4n) is 0.878. The average molecular weight is 212 g/mol. The van der Waals surface area contributed by atoms with Crippen LogP contribution >= 0.6 is 0 Å². The Morgan fingerprint density at radius 1 is 1.36 bits per heavy atom. The van der Waals surface area contributed by atoms with Crippen LogP contribution in [0.2, 0.25) is 0 Å². The van der Waals surface area contributed by atoms with Gasteiger partial charge >= 0.3 is 0 Å². The molecule has 1 rings (SSSR count). The molecule has 0 amide bonds. The van der Waals surface area contributed by atoms with E-state index in [1.54, 1.807) is 24.3 Å². The second-order valence-corrected chi connectivity index (χ2v) is 4.49. The zero-order valence-electron chi connectivity index (χ0n) is 7.60. The molecule has 0 aliphatic carbocycles. The number of sulfonamides is 1. The Bertz CT molecular complexity index is 409. The van der Waals surface area contributed by atoms with Crippen LogP contribution in [-0.2, 0) is 16.6 Å². The molecule has 0 saturated carbocycles. The molecule has 0 atom stereocenters. The van der Waals surface area contributed by atoms with Gasteiger partial charge in [0, 0.05) is 17.6 Å². The first-order chi connectivity index (χ1) is 6.53. The first-order valence-corrected chi connectivity index (χ1v) is 5.54. The van der Waals surface area contributed by atoms with Crippen LogP contribution in [0.1, 0.15) is 5.56 Å². The maximum absolute atomic E-state index is 11.0. The van der Waals surface area contributed by atoms with Gasteiger partial charge in [-0.2, -0.15) is 0 Å². The van der Waals surface area contributed by atoms with Crippen LogP contribution in [0.3, 0.4) is 0 Å². The smallest absolute Gasteiger partial charge is 0.233 e. The minimum atomic E-state index is -3.35. The van der Waals surface area contributed by atoms with E-state index >= 15 is 0 Å². The van der Waals surface area contributed by atoms with Gasteiger partial charge in [0.05, 0.1) is 0 Å². The Hall–Kier alpha value is -1.33. The van der Waals surface area contributed by atoms with E-state index in [-0.39, 0.29) is 6.54 Å². The summed E-state index contributed by atoms with van der Waals surface area (Å²) < 4.78 is 24.3. The normalized spacial score (nSPS) is 11.1. The fourth-order valence-corrected chi connectivity index (χ4v) is 1.36. The molecule has 14 heavy (non-hydrogen) atoms. The van der Waals surface area contributed by atoms with Crippen LogP contribution in [-0.4, -0.2) is 8.42 Å². The molecule has 1 aromatic carbocycles. The van der Waals surface area contributed by atoms with Crippen LogP contribution in [0, 0.1) is 0 Å². The number of rotatable bonds is 4. The van der Waals surface area contributed by atoms with E-state index < -0.39 is 10.0 Å². The molecule has 0 unspecified atom stereocenters. The first-order valence-electron chi connectivity index (χ1n) is 4.00. The molecule has 0 aliphatic rings. The van der Waals surface area contributed by atoms with Crippen molar-refractivity contribution in [1.82, 2.24) is 4.72 Å². The largest absolute Gasteiger partial charge is 0.399 e. The third-order valence-electron chi connectivity index (χ3n) is 1.68. The lowest BCUT2D eigenvalue weighted by Gasteiger charge is -2.02. The quantitative estimate of drug-likeness (QED) is 0.726. The maximum Gasteiger partial charge on any atom is 0.233 e. The van der Waals surface area contributed by atoms with E-state index in [4.69, 9.17) is 5.73 Å². The zero-order chi connectivity index (χ0) is 10.6. The number of hydrogen-bond donors (Lipinski definition) is 2. The molecule has 3 N–H and O–H groups in total. The second-order valence-electron chi connectivity index (χ2n) is 2.77. The number of benzene rings is 1. The fraction of sp³-hybridized carbons (Fsp3) is 0.111. The van der Waals surface area contributed by atoms with Crippen molar-refractivity contribution in [2.45, 2.75) is 6.54 Å². The molecular weight excluding hydrogens is 200 g/mol. The van der Waals surface area contributed by atoms with Crippen molar-refractivity contribution < 1.29 is 8.42 Å². The zero-order valence-corrected chi connectivity index (χ0v) is 8.42. The number of nitrogen functional groups attached to an aromatic ring is 1. The van der Waals surface area contributed by atoms with Crippen molar-refractivity contribution in [3.63, 3.8) is 0 Å². The molecular formula is C9H12N2O2S. The van der Waals surface area contributed by atoms with E-state index in [9.17, 15) is 8.42 Å². The number of nitrogens with one attached hydrogen (secondary N) is 1. The predicted octanol–water partition coefficient (Wildman–Crippen LogP) is 0.832. The van der Waals surface area contributed by atoms with Crippen molar-refractivity contribution in [3.05, 3.63) is 41.8 Å². The van der Waals surface area contributed by atoms with Crippen molar-refractivity contribution in [2.24, 2.45) is 0 Å². The van der Waals surface area contributed by atoms with Gasteiger partial charge in [0.25, 0.3) is 0 Å². The molecule has 0 aliphatic heterocycles. The van der Waals surface area contributed by atoms with Gasteiger partial charge in [-0.25, -0.2) is 13.1 Å². The topological polar surface area (TPSA) is 72.2 Å². The van der Waals surface area contributed by atoms with Crippen LogP contribution in [0.15, 0.2) is 36.3 Å². The summed E-state index contributed by atoms with van der Waals surface area (Å²) in [6.07, 6.45) is 0. The Labute approximate surface area is 83.5 Å². The number of anilines is 1. The summed E-state index contributed by atoms with van der Waals surface area (Å²) in [5.41, 5.74) is 6.98. The summed E-state index contributed by atoms with van der Waals surface area (Å²) in [7, 11) is -3.35. The van der Waals surface area contributed by atoms with Crippen molar-refractivity contribution in [3.8, 4) is 0 Å². The highest BCUT2D eigenvalue weighted by Crippen LogP contribution is 2.05. The molecule has 0 saturated heterocycles. The molecule has 0 spiro atoms. The van der Waals surface area contributed by atoms with Crippen molar-refractivity contribution in [2.75, 3.05) is 5.73 Å². The highest BCUT2D eigenvalue weighted by atomic mass is 32.2. The molecule has 1 aromatic rings. The summed E-state index contributed by atoms with van der Waals surface area (Å²) in [4.78, 5) is 0. The minimum Gasteiger partial charge on any atom is -0.399 e. The Kier molecular flexibility index (Phi) is 3.27. The van der Waals surface area contributed by atoms with Crippen molar-refractivity contribution in [1.29, 1.82) is 0 Å². The molecule has 0 fully saturated rings. The Morgan fingerprint density at radius 3 is 2.43 bits per heavy atom. The highest BCUT2D eigenvalue weighted by molar-refractivity contribution is 7.92. The minimum absolute atomic E-state index is 0.245. The van der Waals surface area contributed by atoms with Gasteiger partial charge in [0.1, 0.15) is 0 Å². The van der Waals surface area contributed by atoms with Crippen LogP contribution in [0.4, 0.5) is 5.69 Å². The lowest BCUT2D eigenvalue weighted by molar-refractivity contribution is 0.590. The van der Waals surface area contributed by atoms with Crippen LogP contribution < -0.4 is 10.5 Å². The summed E-state index contributed by atoms with van der Waals surface area (Å²) in [6.45, 7) is 3.43. The van der Waals surface area contributed by atoms with Gasteiger partial charge in [-0.3, -0.25) is 0 Å². The van der Waals surface area contributed by atoms with E-state index in [2.05, 4.69) is 11.3 Å². The number of nitrogens with two attached hydrogens (primary N) is 1. The standard InChI is InChI=1S/C9H12N2O2S/c1-2-14(12,13)11-7-8-3-5-9(10)6-4-8/h2-6,11H,1,7,10H2. The van der Waals surface area contributed by atoms with Crippen LogP contribution in [0.25, 0.3) is 0 Å². The van der Waals surface area contributed by atoms with Gasteiger partial charge in [-0.1, -0.05) is 18.7 Å². The summed E-state index contributed by atoms with van der Waals surface area (Å²) in [5.74, 6) is 0. The lowest BCUT2D eigenvalue weighted by atomic mass is 10.2. The molecule has 5 heteroatoms. The Balaban J connectivity index is 2.63. The summed E-state index contributed by atoms with van der Waals surface area (Å²) in [6, 6.07) is 6.97. The third-order valence-corrected chi connectivity index (χ3v) is 2.66. The highest BCUT2D eigenvalue weighted by Gasteiger charge is 2.02. The monoisotopic (exact) mass is 212 g/mol. The second kappa shape index (κ2) is 4.26. The van der Waals surface area contributed by atoms with E-state index in [0.717, 1.165) is 11.0 Å². The third kappa shape index (κ3) is 3.20. The van der Waals surface area contributed by atoms with E-state index in [0.29, 0.717) is 5.69 Å². The molecule has 76 valence electrons. The van der Waals surface area contributed by atoms with Crippen molar-refractivity contribution >= 4 is 15.7 Å². The summed E-state index contributed by atoms with van der Waals surface area (Å²) in [5, 5.41) is 0.879. The average Bonchev–Trinajstić information content (AvgIpc) is 2.17. The number of hydrogen-bond acceptors (Lipinski definition) is 3. The van der Waals surface area contributed by atoms with Gasteiger partial charge in [0.15, 0.2) is 0 Å².